The molecule has 5 N–H and O–H groups in total. The van der Waals surface area contributed by atoms with E-state index < -0.39 is 17.6 Å². The number of nitrogens with zero attached hydrogens (tertiary/aromatic N) is 5. The molecule has 4 aromatic rings. The molecule has 0 fully saturated rings. The van der Waals surface area contributed by atoms with Gasteiger partial charge in [-0.2, -0.15) is 18.3 Å². The molecule has 2 heterocycles. The Morgan fingerprint density at radius 1 is 1.13 bits per heavy atom. The van der Waals surface area contributed by atoms with Crippen LogP contribution in [-0.4, -0.2) is 25.2 Å². The smallest absolute Gasteiger partial charge is 0.397 e. The number of amides is 1. The molecule has 9 nitrogen and oxygen atoms in total. The van der Waals surface area contributed by atoms with Crippen molar-refractivity contribution in [2.45, 2.75) is 26.9 Å². The molecular weight excluding hydrogens is 497 g/mol. The van der Waals surface area contributed by atoms with E-state index in [9.17, 15) is 18.0 Å². The Labute approximate surface area is 217 Å². The minimum atomic E-state index is -4.64. The van der Waals surface area contributed by atoms with Gasteiger partial charge in [-0.15, -0.1) is 0 Å². The van der Waals surface area contributed by atoms with Crippen molar-refractivity contribution in [2.24, 2.45) is 18.6 Å². The van der Waals surface area contributed by atoms with E-state index in [2.05, 4.69) is 15.4 Å². The normalized spacial score (nSPS) is 12.1. The predicted octanol–water partition coefficient (Wildman–Crippen LogP) is 4.44. The highest BCUT2D eigenvalue weighted by Crippen LogP contribution is 2.32. The lowest BCUT2D eigenvalue weighted by Gasteiger charge is -2.19. The molecule has 0 unspecified atom stereocenters. The maximum Gasteiger partial charge on any atom is 0.416 e. The first-order chi connectivity index (χ1) is 17.8. The first-order valence-corrected chi connectivity index (χ1v) is 11.5. The van der Waals surface area contributed by atoms with Gasteiger partial charge in [0, 0.05) is 47.6 Å². The molecule has 38 heavy (non-hydrogen) atoms. The number of hydrazine groups is 1. The van der Waals surface area contributed by atoms with Gasteiger partial charge in [-0.05, 0) is 56.7 Å². The van der Waals surface area contributed by atoms with Crippen LogP contribution < -0.4 is 21.9 Å². The topological polar surface area (TPSA) is 120 Å². The number of aryl methyl sites for hydroxylation is 3. The van der Waals surface area contributed by atoms with Gasteiger partial charge in [0.2, 0.25) is 0 Å². The Balaban J connectivity index is 1.63. The lowest BCUT2D eigenvalue weighted by Crippen LogP contribution is -2.26. The quantitative estimate of drug-likeness (QED) is 0.253. The summed E-state index contributed by atoms with van der Waals surface area (Å²) < 4.78 is 43.9. The van der Waals surface area contributed by atoms with Gasteiger partial charge in [0.05, 0.1) is 35.2 Å². The van der Waals surface area contributed by atoms with E-state index in [-0.39, 0.29) is 11.3 Å². The van der Waals surface area contributed by atoms with Gasteiger partial charge in [0.25, 0.3) is 5.91 Å². The van der Waals surface area contributed by atoms with E-state index in [0.29, 0.717) is 22.8 Å². The van der Waals surface area contributed by atoms with Gasteiger partial charge < -0.3 is 15.6 Å². The fourth-order valence-corrected chi connectivity index (χ4v) is 3.86. The van der Waals surface area contributed by atoms with Gasteiger partial charge in [0.1, 0.15) is 0 Å². The molecule has 1 amide bonds. The summed E-state index contributed by atoms with van der Waals surface area (Å²) in [6, 6.07) is 8.13. The van der Waals surface area contributed by atoms with Crippen LogP contribution in [0.5, 0.6) is 0 Å². The van der Waals surface area contributed by atoms with Gasteiger partial charge in [-0.25, -0.2) is 10.8 Å². The van der Waals surface area contributed by atoms with E-state index in [1.165, 1.54) is 28.2 Å². The highest BCUT2D eigenvalue weighted by molar-refractivity contribution is 6.05. The first kappa shape index (κ1) is 26.5. The van der Waals surface area contributed by atoms with Crippen molar-refractivity contribution in [1.29, 1.82) is 0 Å². The predicted molar refractivity (Wildman–Crippen MR) is 139 cm³/mol. The number of carbonyl (C=O) groups excluding carboxylic acids is 1. The third kappa shape index (κ3) is 5.54. The number of anilines is 2. The average Bonchev–Trinajstić information content (AvgIpc) is 3.44. The van der Waals surface area contributed by atoms with E-state index in [0.717, 1.165) is 29.0 Å². The minimum Gasteiger partial charge on any atom is -0.397 e. The SMILES string of the molecule is Cc1cn(-c2cc(C(=O)Nc3ccc(C)c(N(N)/C=C(\N)c4cnn(C)c4C)c3)cc(C(F)(F)F)c2)cn1. The summed E-state index contributed by atoms with van der Waals surface area (Å²) in [4.78, 5) is 17.1. The molecule has 2 aromatic heterocycles. The van der Waals surface area contributed by atoms with Crippen molar-refractivity contribution in [3.63, 3.8) is 0 Å². The summed E-state index contributed by atoms with van der Waals surface area (Å²) in [5.74, 6) is 5.54. The Morgan fingerprint density at radius 2 is 1.87 bits per heavy atom. The lowest BCUT2D eigenvalue weighted by molar-refractivity contribution is -0.137. The number of halogens is 3. The van der Waals surface area contributed by atoms with Crippen LogP contribution in [-0.2, 0) is 13.2 Å². The molecule has 0 atom stereocenters. The van der Waals surface area contributed by atoms with Gasteiger partial charge in [-0.3, -0.25) is 14.5 Å². The van der Waals surface area contributed by atoms with Crippen LogP contribution in [0, 0.1) is 20.8 Å². The number of rotatable bonds is 6. The van der Waals surface area contributed by atoms with Gasteiger partial charge >= 0.3 is 6.18 Å². The third-order valence-corrected chi connectivity index (χ3v) is 6.09. The highest BCUT2D eigenvalue weighted by atomic mass is 19.4. The van der Waals surface area contributed by atoms with E-state index in [4.69, 9.17) is 11.6 Å². The lowest BCUT2D eigenvalue weighted by atomic mass is 10.1. The molecule has 0 aliphatic heterocycles. The Kier molecular flexibility index (Phi) is 7.01. The molecule has 2 aromatic carbocycles. The van der Waals surface area contributed by atoms with Crippen LogP contribution >= 0.6 is 0 Å². The Bertz CT molecular complexity index is 1530. The zero-order chi connectivity index (χ0) is 27.8. The number of hydrogen-bond acceptors (Lipinski definition) is 6. The first-order valence-electron chi connectivity index (χ1n) is 11.5. The minimum absolute atomic E-state index is 0.162. The monoisotopic (exact) mass is 524 g/mol. The Morgan fingerprint density at radius 3 is 2.47 bits per heavy atom. The summed E-state index contributed by atoms with van der Waals surface area (Å²) in [6.45, 7) is 5.42. The van der Waals surface area contributed by atoms with Crippen LogP contribution in [0.4, 0.5) is 24.5 Å². The average molecular weight is 525 g/mol. The standard InChI is InChI=1S/C26H27F3N8O/c1-15-5-6-20(10-24(15)37(31)13-23(30)22-11-33-35(4)17(22)3)34-25(38)18-7-19(26(27,28)29)9-21(8-18)36-12-16(2)32-14-36/h5-14H,30-31H2,1-4H3,(H,34,38)/b23-13-. The Hall–Kier alpha value is -4.58. The van der Waals surface area contributed by atoms with Gasteiger partial charge in [-0.1, -0.05) is 6.07 Å². The summed E-state index contributed by atoms with van der Waals surface area (Å²) in [5, 5.41) is 8.15. The maximum atomic E-state index is 13.6. The second-order valence-corrected chi connectivity index (χ2v) is 8.90. The van der Waals surface area contributed by atoms with Crippen molar-refractivity contribution in [2.75, 3.05) is 10.3 Å². The van der Waals surface area contributed by atoms with Crippen LogP contribution in [0.3, 0.4) is 0 Å². The van der Waals surface area contributed by atoms with Crippen molar-refractivity contribution < 1.29 is 18.0 Å². The van der Waals surface area contributed by atoms with Crippen molar-refractivity contribution in [3.05, 3.63) is 95.0 Å². The molecule has 0 aliphatic carbocycles. The van der Waals surface area contributed by atoms with Crippen LogP contribution in [0.1, 0.15) is 38.4 Å². The number of imidazole rings is 1. The summed E-state index contributed by atoms with van der Waals surface area (Å²) >= 11 is 0. The number of nitrogens with two attached hydrogens (primary N) is 2. The number of hydrogen-bond donors (Lipinski definition) is 3. The van der Waals surface area contributed by atoms with E-state index in [1.54, 1.807) is 49.2 Å². The summed E-state index contributed by atoms with van der Waals surface area (Å²) in [5.41, 5.74) is 9.52. The summed E-state index contributed by atoms with van der Waals surface area (Å²) in [6.07, 6.45) is 1.49. The van der Waals surface area contributed by atoms with E-state index in [1.807, 2.05) is 13.8 Å². The van der Waals surface area contributed by atoms with Crippen molar-refractivity contribution in [1.82, 2.24) is 19.3 Å². The molecule has 4 rings (SSSR count). The molecule has 198 valence electrons. The molecule has 0 radical (unpaired) electrons. The largest absolute Gasteiger partial charge is 0.416 e. The molecule has 0 aliphatic rings. The molecule has 0 saturated carbocycles. The number of alkyl halides is 3. The molecule has 12 heteroatoms. The van der Waals surface area contributed by atoms with E-state index >= 15 is 0 Å². The van der Waals surface area contributed by atoms with Crippen LogP contribution in [0.2, 0.25) is 0 Å². The molecule has 0 saturated heterocycles. The summed E-state index contributed by atoms with van der Waals surface area (Å²) in [7, 11) is 1.80. The van der Waals surface area contributed by atoms with Crippen molar-refractivity contribution >= 4 is 23.0 Å². The molecule has 0 bridgehead atoms. The molecular formula is C26H27F3N8O. The third-order valence-electron chi connectivity index (χ3n) is 6.09. The zero-order valence-electron chi connectivity index (χ0n) is 21.2. The van der Waals surface area contributed by atoms with Gasteiger partial charge in [0.15, 0.2) is 0 Å². The second kappa shape index (κ2) is 10.1. The zero-order valence-corrected chi connectivity index (χ0v) is 21.2. The number of benzene rings is 2. The van der Waals surface area contributed by atoms with Crippen molar-refractivity contribution in [3.8, 4) is 5.69 Å². The fraction of sp³-hybridized carbons (Fsp3) is 0.192. The second-order valence-electron chi connectivity index (χ2n) is 8.90. The van der Waals surface area contributed by atoms with Crippen LogP contribution in [0.15, 0.2) is 61.3 Å². The number of aromatic nitrogens is 4. The molecule has 0 spiro atoms. The highest BCUT2D eigenvalue weighted by Gasteiger charge is 2.32. The van der Waals surface area contributed by atoms with Crippen LogP contribution in [0.25, 0.3) is 11.4 Å². The number of nitrogens with one attached hydrogen (secondary N) is 1. The fourth-order valence-electron chi connectivity index (χ4n) is 3.86. The number of carbonyl (C=O) groups is 1. The maximum absolute atomic E-state index is 13.6.